The first kappa shape index (κ1) is 16.5. The van der Waals surface area contributed by atoms with Crippen LogP contribution in [-0.4, -0.2) is 71.0 Å². The third-order valence-corrected chi connectivity index (χ3v) is 4.51. The Balaban J connectivity index is 1.52. The van der Waals surface area contributed by atoms with Crippen molar-refractivity contribution in [2.75, 3.05) is 49.4 Å². The maximum Gasteiger partial charge on any atom is 0.226 e. The summed E-state index contributed by atoms with van der Waals surface area (Å²) in [4.78, 5) is 17.6. The summed E-state index contributed by atoms with van der Waals surface area (Å²) >= 11 is 0. The SMILES string of the molecule is CO[C@@H]1CN(c2ccnc(N(C)C)n2)C[C@@H]1Nc1ccn2nccc2n1. The molecule has 136 valence electrons. The van der Waals surface area contributed by atoms with Crippen molar-refractivity contribution in [3.8, 4) is 0 Å². The largest absolute Gasteiger partial charge is 0.377 e. The Morgan fingerprint density at radius 1 is 1.15 bits per heavy atom. The maximum atomic E-state index is 5.69. The normalized spacial score (nSPS) is 19.9. The van der Waals surface area contributed by atoms with Crippen LogP contribution in [0.5, 0.6) is 0 Å². The number of anilines is 3. The lowest BCUT2D eigenvalue weighted by Crippen LogP contribution is -2.34. The summed E-state index contributed by atoms with van der Waals surface area (Å²) in [6.07, 6.45) is 5.46. The lowest BCUT2D eigenvalue weighted by Gasteiger charge is -2.19. The van der Waals surface area contributed by atoms with E-state index in [9.17, 15) is 0 Å². The van der Waals surface area contributed by atoms with Gasteiger partial charge in [-0.2, -0.15) is 10.1 Å². The number of methoxy groups -OCH3 is 1. The number of ether oxygens (including phenoxy) is 1. The molecule has 0 amide bonds. The van der Waals surface area contributed by atoms with Crippen molar-refractivity contribution in [1.82, 2.24) is 24.6 Å². The van der Waals surface area contributed by atoms with Crippen molar-refractivity contribution in [1.29, 1.82) is 0 Å². The molecule has 0 unspecified atom stereocenters. The van der Waals surface area contributed by atoms with Gasteiger partial charge in [0.1, 0.15) is 11.6 Å². The van der Waals surface area contributed by atoms with Crippen molar-refractivity contribution in [2.24, 2.45) is 0 Å². The Hall–Kier alpha value is -2.94. The van der Waals surface area contributed by atoms with Crippen molar-refractivity contribution < 1.29 is 4.74 Å². The Morgan fingerprint density at radius 3 is 2.85 bits per heavy atom. The van der Waals surface area contributed by atoms with Gasteiger partial charge in [0.15, 0.2) is 5.65 Å². The van der Waals surface area contributed by atoms with E-state index in [2.05, 4.69) is 30.3 Å². The monoisotopic (exact) mass is 354 g/mol. The summed E-state index contributed by atoms with van der Waals surface area (Å²) in [5, 5.41) is 7.66. The van der Waals surface area contributed by atoms with E-state index < -0.39 is 0 Å². The highest BCUT2D eigenvalue weighted by Crippen LogP contribution is 2.23. The van der Waals surface area contributed by atoms with Crippen LogP contribution in [0.3, 0.4) is 0 Å². The third-order valence-electron chi connectivity index (χ3n) is 4.51. The molecule has 9 heteroatoms. The second-order valence-electron chi connectivity index (χ2n) is 6.49. The van der Waals surface area contributed by atoms with Gasteiger partial charge in [0, 0.05) is 52.8 Å². The number of fused-ring (bicyclic) bond motifs is 1. The summed E-state index contributed by atoms with van der Waals surface area (Å²) in [5.74, 6) is 2.40. The summed E-state index contributed by atoms with van der Waals surface area (Å²) in [7, 11) is 5.61. The molecule has 0 spiro atoms. The van der Waals surface area contributed by atoms with Gasteiger partial charge in [0.2, 0.25) is 5.95 Å². The van der Waals surface area contributed by atoms with E-state index in [1.165, 1.54) is 0 Å². The molecule has 3 aromatic heterocycles. The van der Waals surface area contributed by atoms with E-state index in [1.807, 2.05) is 43.4 Å². The molecule has 1 aliphatic heterocycles. The van der Waals surface area contributed by atoms with Gasteiger partial charge in [-0.3, -0.25) is 0 Å². The fourth-order valence-electron chi connectivity index (χ4n) is 3.15. The second-order valence-corrected chi connectivity index (χ2v) is 6.49. The molecule has 0 bridgehead atoms. The average Bonchev–Trinajstić information content (AvgIpc) is 3.28. The first-order valence-electron chi connectivity index (χ1n) is 8.49. The average molecular weight is 354 g/mol. The Kier molecular flexibility index (Phi) is 4.29. The molecule has 26 heavy (non-hydrogen) atoms. The van der Waals surface area contributed by atoms with Crippen LogP contribution in [0.4, 0.5) is 17.6 Å². The fourth-order valence-corrected chi connectivity index (χ4v) is 3.15. The molecule has 3 aromatic rings. The number of hydrogen-bond donors (Lipinski definition) is 1. The van der Waals surface area contributed by atoms with Crippen molar-refractivity contribution in [3.05, 3.63) is 36.8 Å². The fraction of sp³-hybridized carbons (Fsp3) is 0.412. The number of hydrogen-bond acceptors (Lipinski definition) is 8. The van der Waals surface area contributed by atoms with Crippen LogP contribution in [0.2, 0.25) is 0 Å². The molecule has 1 fully saturated rings. The molecule has 4 heterocycles. The molecule has 1 saturated heterocycles. The molecular weight excluding hydrogens is 332 g/mol. The summed E-state index contributed by atoms with van der Waals surface area (Å²) in [5.41, 5.74) is 0.810. The van der Waals surface area contributed by atoms with Crippen LogP contribution in [0.15, 0.2) is 36.8 Å². The minimum absolute atomic E-state index is 0.0377. The zero-order chi connectivity index (χ0) is 18.1. The Morgan fingerprint density at radius 2 is 2.04 bits per heavy atom. The van der Waals surface area contributed by atoms with Crippen molar-refractivity contribution in [3.63, 3.8) is 0 Å². The van der Waals surface area contributed by atoms with Crippen LogP contribution >= 0.6 is 0 Å². The number of nitrogens with zero attached hydrogens (tertiary/aromatic N) is 7. The zero-order valence-corrected chi connectivity index (χ0v) is 15.1. The van der Waals surface area contributed by atoms with Crippen LogP contribution in [-0.2, 0) is 4.74 Å². The standard InChI is InChI=1S/C17H22N8O/c1-23(2)17-18-7-4-15(22-17)24-10-12(13(11-24)26-3)20-14-6-9-25-16(21-14)5-8-19-25/h4-9,12-13H,10-11H2,1-3H3,(H,20,21)/t12-,13+/m0/s1. The van der Waals surface area contributed by atoms with E-state index in [0.717, 1.165) is 30.4 Å². The molecule has 0 saturated carbocycles. The van der Waals surface area contributed by atoms with E-state index in [-0.39, 0.29) is 12.1 Å². The molecule has 0 radical (unpaired) electrons. The van der Waals surface area contributed by atoms with E-state index in [1.54, 1.807) is 24.0 Å². The van der Waals surface area contributed by atoms with Gasteiger partial charge in [-0.05, 0) is 12.1 Å². The first-order chi connectivity index (χ1) is 12.6. The molecule has 0 aliphatic carbocycles. The van der Waals surface area contributed by atoms with Crippen LogP contribution < -0.4 is 15.1 Å². The predicted molar refractivity (Wildman–Crippen MR) is 99.8 cm³/mol. The molecule has 9 nitrogen and oxygen atoms in total. The van der Waals surface area contributed by atoms with E-state index in [0.29, 0.717) is 5.95 Å². The summed E-state index contributed by atoms with van der Waals surface area (Å²) < 4.78 is 7.43. The molecule has 0 aromatic carbocycles. The number of rotatable bonds is 5. The summed E-state index contributed by atoms with van der Waals surface area (Å²) in [6.45, 7) is 1.53. The van der Waals surface area contributed by atoms with Crippen LogP contribution in [0.25, 0.3) is 5.65 Å². The van der Waals surface area contributed by atoms with Gasteiger partial charge >= 0.3 is 0 Å². The van der Waals surface area contributed by atoms with E-state index in [4.69, 9.17) is 4.74 Å². The van der Waals surface area contributed by atoms with Gasteiger partial charge in [-0.15, -0.1) is 0 Å². The molecule has 2 atom stereocenters. The van der Waals surface area contributed by atoms with Crippen LogP contribution in [0, 0.1) is 0 Å². The minimum Gasteiger partial charge on any atom is -0.377 e. The highest BCUT2D eigenvalue weighted by atomic mass is 16.5. The third kappa shape index (κ3) is 3.13. The zero-order valence-electron chi connectivity index (χ0n) is 15.1. The van der Waals surface area contributed by atoms with Crippen molar-refractivity contribution >= 4 is 23.2 Å². The lowest BCUT2D eigenvalue weighted by atomic mass is 10.2. The van der Waals surface area contributed by atoms with Crippen LogP contribution in [0.1, 0.15) is 0 Å². The second kappa shape index (κ2) is 6.75. The molecule has 1 N–H and O–H groups in total. The maximum absolute atomic E-state index is 5.69. The van der Waals surface area contributed by atoms with Gasteiger partial charge in [0.05, 0.1) is 18.3 Å². The number of aromatic nitrogens is 5. The number of nitrogens with one attached hydrogen (secondary N) is 1. The quantitative estimate of drug-likeness (QED) is 0.724. The minimum atomic E-state index is 0.0377. The first-order valence-corrected chi connectivity index (χ1v) is 8.49. The lowest BCUT2D eigenvalue weighted by molar-refractivity contribution is 0.113. The van der Waals surface area contributed by atoms with Crippen molar-refractivity contribution in [2.45, 2.75) is 12.1 Å². The topological polar surface area (TPSA) is 83.7 Å². The van der Waals surface area contributed by atoms with Gasteiger partial charge < -0.3 is 19.9 Å². The molecule has 4 rings (SSSR count). The highest BCUT2D eigenvalue weighted by molar-refractivity contribution is 5.49. The predicted octanol–water partition coefficient (Wildman–Crippen LogP) is 0.901. The van der Waals surface area contributed by atoms with Gasteiger partial charge in [0.25, 0.3) is 0 Å². The molecular formula is C17H22N8O. The van der Waals surface area contributed by atoms with E-state index >= 15 is 0 Å². The Bertz CT molecular complexity index is 895. The Labute approximate surface area is 151 Å². The van der Waals surface area contributed by atoms with Gasteiger partial charge in [-0.25, -0.2) is 14.5 Å². The molecule has 1 aliphatic rings. The highest BCUT2D eigenvalue weighted by Gasteiger charge is 2.34. The summed E-state index contributed by atoms with van der Waals surface area (Å²) in [6, 6.07) is 5.84. The van der Waals surface area contributed by atoms with Gasteiger partial charge in [-0.1, -0.05) is 0 Å². The smallest absolute Gasteiger partial charge is 0.226 e.